The number of hydrogen-bond donors (Lipinski definition) is 0. The fraction of sp³-hybridized carbons (Fsp3) is 0.0323. The van der Waals surface area contributed by atoms with Crippen molar-refractivity contribution in [3.05, 3.63) is 121 Å². The van der Waals surface area contributed by atoms with E-state index < -0.39 is 0 Å². The fourth-order valence-corrected chi connectivity index (χ4v) is 4.48. The van der Waals surface area contributed by atoms with Gasteiger partial charge in [-0.1, -0.05) is 121 Å². The van der Waals surface area contributed by atoms with Crippen LogP contribution in [0.25, 0.3) is 55.3 Å². The third-order valence-electron chi connectivity index (χ3n) is 6.19. The van der Waals surface area contributed by atoms with E-state index in [0.29, 0.717) is 0 Å². The number of aryl methyl sites for hydroxylation is 1. The molecule has 1 heterocycles. The minimum atomic E-state index is 0.939. The Bertz CT molecular complexity index is 1540. The van der Waals surface area contributed by atoms with E-state index in [1.165, 1.54) is 22.3 Å². The average Bonchev–Trinajstić information content (AvgIpc) is 3.24. The van der Waals surface area contributed by atoms with E-state index in [-0.39, 0.29) is 0 Å². The van der Waals surface area contributed by atoms with E-state index in [2.05, 4.69) is 116 Å². The number of furan rings is 1. The highest BCUT2D eigenvalue weighted by atomic mass is 16.3. The summed E-state index contributed by atoms with van der Waals surface area (Å²) in [5.41, 5.74) is 10.2. The van der Waals surface area contributed by atoms with Crippen LogP contribution >= 0.6 is 0 Å². The Morgan fingerprint density at radius 1 is 0.406 bits per heavy atom. The highest BCUT2D eigenvalue weighted by Crippen LogP contribution is 2.40. The lowest BCUT2D eigenvalue weighted by molar-refractivity contribution is 0.671. The van der Waals surface area contributed by atoms with E-state index in [4.69, 9.17) is 4.42 Å². The van der Waals surface area contributed by atoms with Gasteiger partial charge in [0.1, 0.15) is 11.2 Å². The topological polar surface area (TPSA) is 13.1 Å². The molecule has 152 valence electrons. The molecule has 0 aliphatic carbocycles. The summed E-state index contributed by atoms with van der Waals surface area (Å²) >= 11 is 0. The van der Waals surface area contributed by atoms with Gasteiger partial charge < -0.3 is 4.42 Å². The van der Waals surface area contributed by atoms with Gasteiger partial charge in [0, 0.05) is 21.9 Å². The van der Waals surface area contributed by atoms with Gasteiger partial charge in [-0.15, -0.1) is 0 Å². The fourth-order valence-electron chi connectivity index (χ4n) is 4.48. The van der Waals surface area contributed by atoms with E-state index in [1.807, 2.05) is 6.07 Å². The molecule has 1 nitrogen and oxygen atoms in total. The molecule has 0 aliphatic heterocycles. The molecule has 0 N–H and O–H groups in total. The third-order valence-corrected chi connectivity index (χ3v) is 6.19. The van der Waals surface area contributed by atoms with Crippen LogP contribution in [0.4, 0.5) is 0 Å². The summed E-state index contributed by atoms with van der Waals surface area (Å²) in [6, 6.07) is 40.7. The zero-order chi connectivity index (χ0) is 21.5. The molecule has 1 heteroatoms. The van der Waals surface area contributed by atoms with Crippen LogP contribution in [0.15, 0.2) is 120 Å². The van der Waals surface area contributed by atoms with Crippen molar-refractivity contribution in [2.75, 3.05) is 0 Å². The van der Waals surface area contributed by atoms with Gasteiger partial charge in [-0.25, -0.2) is 0 Å². The lowest BCUT2D eigenvalue weighted by Crippen LogP contribution is -1.81. The minimum Gasteiger partial charge on any atom is -0.455 e. The molecule has 0 saturated heterocycles. The van der Waals surface area contributed by atoms with Crippen LogP contribution in [-0.2, 0) is 0 Å². The molecule has 1 aromatic heterocycles. The van der Waals surface area contributed by atoms with Crippen LogP contribution in [0.2, 0.25) is 0 Å². The number of rotatable bonds is 3. The first-order chi connectivity index (χ1) is 15.8. The molecule has 0 aliphatic rings. The smallest absolute Gasteiger partial charge is 0.143 e. The van der Waals surface area contributed by atoms with Crippen molar-refractivity contribution in [3.63, 3.8) is 0 Å². The molecular weight excluding hydrogens is 388 g/mol. The molecule has 0 saturated carbocycles. The molecule has 0 bridgehead atoms. The van der Waals surface area contributed by atoms with E-state index in [9.17, 15) is 0 Å². The summed E-state index contributed by atoms with van der Waals surface area (Å²) in [5, 5.41) is 2.30. The molecule has 5 aromatic carbocycles. The maximum Gasteiger partial charge on any atom is 0.143 e. The summed E-state index contributed by atoms with van der Waals surface area (Å²) in [4.78, 5) is 0. The largest absolute Gasteiger partial charge is 0.455 e. The third kappa shape index (κ3) is 3.11. The minimum absolute atomic E-state index is 0.939. The summed E-state index contributed by atoms with van der Waals surface area (Å²) in [7, 11) is 0. The zero-order valence-electron chi connectivity index (χ0n) is 17.9. The molecule has 0 amide bonds. The Hall–Kier alpha value is -4.10. The molecule has 0 radical (unpaired) electrons. The number of hydrogen-bond acceptors (Lipinski definition) is 1. The van der Waals surface area contributed by atoms with Crippen LogP contribution in [0.3, 0.4) is 0 Å². The van der Waals surface area contributed by atoms with Gasteiger partial charge in [0.05, 0.1) is 0 Å². The lowest BCUT2D eigenvalue weighted by Gasteiger charge is -2.06. The number of benzene rings is 5. The van der Waals surface area contributed by atoms with Crippen LogP contribution < -0.4 is 0 Å². The van der Waals surface area contributed by atoms with Crippen LogP contribution in [0.1, 0.15) is 5.56 Å². The monoisotopic (exact) mass is 410 g/mol. The second-order valence-corrected chi connectivity index (χ2v) is 8.28. The molecule has 0 fully saturated rings. The van der Waals surface area contributed by atoms with Gasteiger partial charge >= 0.3 is 0 Å². The Morgan fingerprint density at radius 2 is 0.875 bits per heavy atom. The van der Waals surface area contributed by atoms with Crippen molar-refractivity contribution in [1.29, 1.82) is 0 Å². The Morgan fingerprint density at radius 3 is 1.44 bits per heavy atom. The Labute approximate surface area is 187 Å². The highest BCUT2D eigenvalue weighted by molar-refractivity contribution is 6.13. The molecule has 0 atom stereocenters. The highest BCUT2D eigenvalue weighted by Gasteiger charge is 2.15. The van der Waals surface area contributed by atoms with Crippen molar-refractivity contribution in [1.82, 2.24) is 0 Å². The second kappa shape index (κ2) is 7.55. The first-order valence-corrected chi connectivity index (χ1v) is 10.9. The maximum absolute atomic E-state index is 6.55. The lowest BCUT2D eigenvalue weighted by atomic mass is 9.98. The van der Waals surface area contributed by atoms with E-state index in [0.717, 1.165) is 38.6 Å². The average molecular weight is 411 g/mol. The quantitative estimate of drug-likeness (QED) is 0.284. The zero-order valence-corrected chi connectivity index (χ0v) is 17.9. The Kier molecular flexibility index (Phi) is 4.40. The van der Waals surface area contributed by atoms with E-state index in [1.54, 1.807) is 0 Å². The Balaban J connectivity index is 1.49. The first-order valence-electron chi connectivity index (χ1n) is 10.9. The molecule has 32 heavy (non-hydrogen) atoms. The van der Waals surface area contributed by atoms with Crippen molar-refractivity contribution < 1.29 is 4.42 Å². The standard InChI is InChI=1S/C31H22O/c1-21-13-15-22(16-14-21)23-17-19-25(20-18-23)27-10-6-12-29-28-11-5-9-26(30(28)32-31(27)29)24-7-3-2-4-8-24/h2-20H,1H3. The molecule has 6 rings (SSSR count). The van der Waals surface area contributed by atoms with Gasteiger partial charge in [0.15, 0.2) is 0 Å². The number of para-hydroxylation sites is 2. The van der Waals surface area contributed by atoms with Gasteiger partial charge in [-0.05, 0) is 29.2 Å². The molecule has 0 unspecified atom stereocenters. The predicted octanol–water partition coefficient (Wildman–Crippen LogP) is 8.90. The second-order valence-electron chi connectivity index (χ2n) is 8.28. The summed E-state index contributed by atoms with van der Waals surface area (Å²) in [6.07, 6.45) is 0. The van der Waals surface area contributed by atoms with Crippen molar-refractivity contribution in [3.8, 4) is 33.4 Å². The molecule has 6 aromatic rings. The van der Waals surface area contributed by atoms with E-state index >= 15 is 0 Å². The predicted molar refractivity (Wildman–Crippen MR) is 135 cm³/mol. The summed E-state index contributed by atoms with van der Waals surface area (Å²) in [5.74, 6) is 0. The van der Waals surface area contributed by atoms with Gasteiger partial charge in [0.25, 0.3) is 0 Å². The van der Waals surface area contributed by atoms with Crippen LogP contribution in [-0.4, -0.2) is 0 Å². The van der Waals surface area contributed by atoms with Crippen molar-refractivity contribution in [2.24, 2.45) is 0 Å². The SMILES string of the molecule is Cc1ccc(-c2ccc(-c3cccc4c3oc3c(-c5ccccc5)cccc34)cc2)cc1. The van der Waals surface area contributed by atoms with Gasteiger partial charge in [-0.3, -0.25) is 0 Å². The van der Waals surface area contributed by atoms with Crippen LogP contribution in [0.5, 0.6) is 0 Å². The van der Waals surface area contributed by atoms with Gasteiger partial charge in [-0.2, -0.15) is 0 Å². The van der Waals surface area contributed by atoms with Crippen LogP contribution in [0, 0.1) is 6.92 Å². The number of fused-ring (bicyclic) bond motifs is 3. The van der Waals surface area contributed by atoms with Crippen molar-refractivity contribution >= 4 is 21.9 Å². The molecular formula is C31H22O. The normalized spacial score (nSPS) is 11.3. The van der Waals surface area contributed by atoms with Crippen molar-refractivity contribution in [2.45, 2.75) is 6.92 Å². The molecule has 0 spiro atoms. The summed E-state index contributed by atoms with van der Waals surface area (Å²) < 4.78 is 6.55. The summed E-state index contributed by atoms with van der Waals surface area (Å²) in [6.45, 7) is 2.12. The first kappa shape index (κ1) is 18.7. The maximum atomic E-state index is 6.55. The van der Waals surface area contributed by atoms with Gasteiger partial charge in [0.2, 0.25) is 0 Å².